The van der Waals surface area contributed by atoms with Crippen LogP contribution in [-0.2, 0) is 52.0 Å². The molecule has 0 saturated carbocycles. The van der Waals surface area contributed by atoms with E-state index in [0.29, 0.717) is 12.9 Å². The summed E-state index contributed by atoms with van der Waals surface area (Å²) in [4.78, 5) is 11.3. The molecule has 0 aromatic heterocycles. The lowest BCUT2D eigenvalue weighted by molar-refractivity contribution is -0.260. The molecule has 11 nitrogen and oxygen atoms in total. The molecule has 0 aliphatic carbocycles. The molecule has 5 rings (SSSR count). The lowest BCUT2D eigenvalue weighted by Crippen LogP contribution is -2.47. The highest BCUT2D eigenvalue weighted by Gasteiger charge is 2.62. The average Bonchev–Trinajstić information content (AvgIpc) is 3.49. The lowest BCUT2D eigenvalue weighted by atomic mass is 9.87. The fourth-order valence-electron chi connectivity index (χ4n) is 5.01. The minimum atomic E-state index is -0.814. The van der Waals surface area contributed by atoms with Gasteiger partial charge in [0.25, 0.3) is 0 Å². The van der Waals surface area contributed by atoms with Crippen molar-refractivity contribution in [2.75, 3.05) is 13.2 Å². The van der Waals surface area contributed by atoms with Gasteiger partial charge in [0.1, 0.15) is 49.3 Å². The van der Waals surface area contributed by atoms with Crippen LogP contribution in [-0.4, -0.2) is 93.2 Å². The fourth-order valence-corrected chi connectivity index (χ4v) is 5.01. The van der Waals surface area contributed by atoms with Crippen LogP contribution in [0.5, 0.6) is 0 Å². The fraction of sp³-hybridized carbons (Fsp3) is 0.952. The van der Waals surface area contributed by atoms with Gasteiger partial charge in [-0.15, -0.1) is 0 Å². The van der Waals surface area contributed by atoms with Gasteiger partial charge in [-0.3, -0.25) is 4.79 Å². The van der Waals surface area contributed by atoms with Crippen molar-refractivity contribution in [2.24, 2.45) is 0 Å². The first-order valence-electron chi connectivity index (χ1n) is 11.6. The summed E-state index contributed by atoms with van der Waals surface area (Å²) in [5, 5.41) is 0. The van der Waals surface area contributed by atoms with E-state index in [-0.39, 0.29) is 19.8 Å². The van der Waals surface area contributed by atoms with Gasteiger partial charge in [-0.25, -0.2) is 0 Å². The quantitative estimate of drug-likeness (QED) is 0.408. The summed E-state index contributed by atoms with van der Waals surface area (Å²) >= 11 is 0. The van der Waals surface area contributed by atoms with Crippen LogP contribution in [0.1, 0.15) is 41.5 Å². The van der Waals surface area contributed by atoms with E-state index in [9.17, 15) is 4.79 Å². The Balaban J connectivity index is 1.34. The van der Waals surface area contributed by atoms with E-state index in [4.69, 9.17) is 47.2 Å². The van der Waals surface area contributed by atoms with Crippen LogP contribution in [0.4, 0.5) is 0 Å². The van der Waals surface area contributed by atoms with Gasteiger partial charge in [-0.2, -0.15) is 0 Å². The van der Waals surface area contributed by atoms with Crippen LogP contribution in [0.15, 0.2) is 0 Å². The highest BCUT2D eigenvalue weighted by atomic mass is 16.9. The van der Waals surface area contributed by atoms with Crippen molar-refractivity contribution in [3.8, 4) is 0 Å². The molecule has 5 aliphatic heterocycles. The second kappa shape index (κ2) is 8.68. The maximum Gasteiger partial charge on any atom is 0.457 e. The number of esters is 1. The summed E-state index contributed by atoms with van der Waals surface area (Å²) in [5.74, 6) is -1.93. The molecule has 0 aromatic carbocycles. The van der Waals surface area contributed by atoms with Crippen LogP contribution >= 0.6 is 0 Å². The summed E-state index contributed by atoms with van der Waals surface area (Å²) in [7, 11) is -0.379. The largest absolute Gasteiger partial charge is 0.463 e. The molecule has 0 N–H and O–H groups in total. The average molecular weight is 472 g/mol. The Labute approximate surface area is 193 Å². The molecule has 33 heavy (non-hydrogen) atoms. The topological polar surface area (TPSA) is 109 Å². The predicted molar refractivity (Wildman–Crippen MR) is 110 cm³/mol. The predicted octanol–water partition coefficient (Wildman–Crippen LogP) is 0.980. The molecule has 0 aromatic rings. The number of hydrogen-bond donors (Lipinski definition) is 0. The molecule has 12 heteroatoms. The van der Waals surface area contributed by atoms with Gasteiger partial charge in [0.05, 0.1) is 6.61 Å². The molecule has 9 unspecified atom stereocenters. The highest BCUT2D eigenvalue weighted by Crippen LogP contribution is 2.44. The van der Waals surface area contributed by atoms with E-state index in [1.54, 1.807) is 0 Å². The Kier molecular flexibility index (Phi) is 6.29. The molecule has 5 fully saturated rings. The molecular weight excluding hydrogens is 439 g/mol. The third kappa shape index (κ3) is 4.70. The maximum atomic E-state index is 11.3. The zero-order valence-electron chi connectivity index (χ0n) is 19.9. The normalized spacial score (nSPS) is 45.4. The SMILES string of the molecule is CCB1OC2C(COC(C)=O)OC(OC3C(C4COC(C)(C)O4)OC4OC(C)(C)OC43)C2O1. The minimum Gasteiger partial charge on any atom is -0.463 e. The smallest absolute Gasteiger partial charge is 0.457 e. The third-order valence-corrected chi connectivity index (χ3v) is 6.38. The summed E-state index contributed by atoms with van der Waals surface area (Å²) in [5.41, 5.74) is 0. The first-order valence-corrected chi connectivity index (χ1v) is 11.6. The second-order valence-electron chi connectivity index (χ2n) is 9.92. The molecular formula is C21H33BO11. The van der Waals surface area contributed by atoms with E-state index in [0.717, 1.165) is 0 Å². The highest BCUT2D eigenvalue weighted by molar-refractivity contribution is 6.45. The van der Waals surface area contributed by atoms with E-state index < -0.39 is 66.7 Å². The Bertz CT molecular complexity index is 748. The maximum absolute atomic E-state index is 11.3. The molecule has 0 spiro atoms. The first-order chi connectivity index (χ1) is 15.5. The number of hydrogen-bond acceptors (Lipinski definition) is 11. The van der Waals surface area contributed by atoms with Crippen LogP contribution in [0, 0.1) is 0 Å². The van der Waals surface area contributed by atoms with Crippen molar-refractivity contribution in [1.29, 1.82) is 0 Å². The van der Waals surface area contributed by atoms with Crippen molar-refractivity contribution >= 4 is 13.1 Å². The molecule has 5 heterocycles. The van der Waals surface area contributed by atoms with Gasteiger partial charge in [0.2, 0.25) is 0 Å². The Morgan fingerprint density at radius 2 is 1.73 bits per heavy atom. The molecule has 5 saturated heterocycles. The Morgan fingerprint density at radius 3 is 2.39 bits per heavy atom. The molecule has 5 aliphatic rings. The van der Waals surface area contributed by atoms with Crippen molar-refractivity contribution in [3.63, 3.8) is 0 Å². The third-order valence-electron chi connectivity index (χ3n) is 6.38. The van der Waals surface area contributed by atoms with Crippen LogP contribution in [0.3, 0.4) is 0 Å². The van der Waals surface area contributed by atoms with Gasteiger partial charge in [0, 0.05) is 6.92 Å². The van der Waals surface area contributed by atoms with E-state index >= 15 is 0 Å². The van der Waals surface area contributed by atoms with Crippen LogP contribution in [0.2, 0.25) is 6.32 Å². The minimum absolute atomic E-state index is 0.0488. The zero-order chi connectivity index (χ0) is 23.5. The Hall–Kier alpha value is -0.825. The van der Waals surface area contributed by atoms with Crippen molar-refractivity contribution in [2.45, 2.75) is 115 Å². The number of fused-ring (bicyclic) bond motifs is 2. The standard InChI is InChI=1S/C21H33BO11/c1-7-22-32-14-11(8-24-10(2)23)26-18(17(14)33-22)28-15-13(12-9-25-20(3,4)29-12)27-19-16(15)30-21(5,6)31-19/h11-19H,7-9H2,1-6H3. The number of carbonyl (C=O) groups is 1. The number of ether oxygens (including phenoxy) is 8. The summed E-state index contributed by atoms with van der Waals surface area (Å²) in [6.45, 7) is 11.1. The molecule has 0 amide bonds. The Morgan fingerprint density at radius 1 is 0.970 bits per heavy atom. The van der Waals surface area contributed by atoms with Crippen LogP contribution < -0.4 is 0 Å². The zero-order valence-corrected chi connectivity index (χ0v) is 19.9. The van der Waals surface area contributed by atoms with Crippen molar-refractivity contribution < 1.29 is 52.0 Å². The van der Waals surface area contributed by atoms with Crippen molar-refractivity contribution in [3.05, 3.63) is 0 Å². The molecule has 186 valence electrons. The van der Waals surface area contributed by atoms with Gasteiger partial charge in [-0.1, -0.05) is 6.92 Å². The second-order valence-corrected chi connectivity index (χ2v) is 9.92. The summed E-state index contributed by atoms with van der Waals surface area (Å²) in [6, 6.07) is 0. The van der Waals surface area contributed by atoms with Gasteiger partial charge >= 0.3 is 13.1 Å². The van der Waals surface area contributed by atoms with Gasteiger partial charge < -0.3 is 47.2 Å². The van der Waals surface area contributed by atoms with Gasteiger partial charge in [-0.05, 0) is 34.0 Å². The number of rotatable bonds is 6. The molecule has 0 bridgehead atoms. The summed E-state index contributed by atoms with van der Waals surface area (Å²) < 4.78 is 59.9. The number of carbonyl (C=O) groups excluding carboxylic acids is 1. The monoisotopic (exact) mass is 472 g/mol. The van der Waals surface area contributed by atoms with E-state index in [1.165, 1.54) is 6.92 Å². The van der Waals surface area contributed by atoms with Crippen LogP contribution in [0.25, 0.3) is 0 Å². The first kappa shape index (κ1) is 23.9. The van der Waals surface area contributed by atoms with Crippen molar-refractivity contribution in [1.82, 2.24) is 0 Å². The molecule has 9 atom stereocenters. The molecule has 0 radical (unpaired) electrons. The lowest BCUT2D eigenvalue weighted by Gasteiger charge is -2.31. The summed E-state index contributed by atoms with van der Waals surface area (Å²) in [6.07, 6.45) is -4.06. The van der Waals surface area contributed by atoms with E-state index in [1.807, 2.05) is 34.6 Å². The van der Waals surface area contributed by atoms with Gasteiger partial charge in [0.15, 0.2) is 24.2 Å². The van der Waals surface area contributed by atoms with E-state index in [2.05, 4.69) is 0 Å².